The van der Waals surface area contributed by atoms with Crippen LogP contribution in [0.4, 0.5) is 0 Å². The molecule has 1 aliphatic rings. The van der Waals surface area contributed by atoms with Gasteiger partial charge in [0.05, 0.1) is 0 Å². The summed E-state index contributed by atoms with van der Waals surface area (Å²) in [6.45, 7) is 0. The number of hydrogen-bond acceptors (Lipinski definition) is 8. The van der Waals surface area contributed by atoms with Gasteiger partial charge in [0.15, 0.2) is 0 Å². The van der Waals surface area contributed by atoms with Crippen molar-refractivity contribution < 1.29 is 33.7 Å². The minimum Gasteiger partial charge on any atom is -0.235 e. The molecule has 1 rings (SSSR count). The fourth-order valence-corrected chi connectivity index (χ4v) is 113. The normalized spacial score (nSPS) is 22.9. The van der Waals surface area contributed by atoms with Crippen molar-refractivity contribution >= 4 is 48.9 Å². The van der Waals surface area contributed by atoms with E-state index in [1.807, 2.05) is 0 Å². The molecule has 0 spiro atoms. The third-order valence-electron chi connectivity index (χ3n) is 3.32. The van der Waals surface area contributed by atoms with Gasteiger partial charge in [-0.3, -0.25) is 0 Å². The summed E-state index contributed by atoms with van der Waals surface area (Å²) in [4.78, 5) is 0. The quantitative estimate of drug-likeness (QED) is 0.491. The monoisotopic (exact) mass is 386 g/mol. The van der Waals surface area contributed by atoms with Crippen LogP contribution in [0.1, 0.15) is 0 Å². The molecule has 1 fully saturated rings. The minimum absolute atomic E-state index is 0.616. The van der Waals surface area contributed by atoms with E-state index in [4.69, 9.17) is 0 Å². The van der Waals surface area contributed by atoms with Crippen LogP contribution in [0.15, 0.2) is 0 Å². The highest BCUT2D eigenvalue weighted by atomic mass is 32.7. The van der Waals surface area contributed by atoms with Gasteiger partial charge >= 0.3 is 11.8 Å². The molecule has 0 saturated carbocycles. The van der Waals surface area contributed by atoms with E-state index in [-0.39, 0.29) is 0 Å². The second-order valence-corrected chi connectivity index (χ2v) is 43.7. The zero-order valence-electron chi connectivity index (χ0n) is 10.6. The summed E-state index contributed by atoms with van der Waals surface area (Å²) in [6.07, 6.45) is 2.47. The number of hydrogen-bond donors (Lipinski definition) is 0. The van der Waals surface area contributed by atoms with Crippen LogP contribution in [0.25, 0.3) is 0 Å². The highest BCUT2D eigenvalue weighted by Gasteiger charge is 2.96. The van der Waals surface area contributed by atoms with Crippen molar-refractivity contribution in [2.45, 2.75) is 5.67 Å². The Hall–Kier alpha value is 0.234. The van der Waals surface area contributed by atoms with E-state index in [1.54, 1.807) is 0 Å². The summed E-state index contributed by atoms with van der Waals surface area (Å²) in [7, 11) is -17.1. The average molecular weight is 387 g/mol. The molecular formula is C5H14O8S4Si2. The van der Waals surface area contributed by atoms with Crippen LogP contribution in [0.5, 0.6) is 0 Å². The molecule has 1 saturated heterocycles. The first-order chi connectivity index (χ1) is 7.96. The Bertz CT molecular complexity index is 695. The van der Waals surface area contributed by atoms with Gasteiger partial charge in [-0.05, 0) is 5.67 Å². The van der Waals surface area contributed by atoms with Gasteiger partial charge < -0.3 is 0 Å². The molecule has 0 N–H and O–H groups in total. The summed E-state index contributed by atoms with van der Waals surface area (Å²) in [6, 6.07) is 0. The smallest absolute Gasteiger partial charge is 0.235 e. The Labute approximate surface area is 113 Å². The molecule has 0 radical (unpaired) electrons. The van der Waals surface area contributed by atoms with E-state index in [9.17, 15) is 33.7 Å². The molecule has 1 aliphatic heterocycles. The molecule has 0 aromatic carbocycles. The molecule has 8 nitrogen and oxygen atoms in total. The lowest BCUT2D eigenvalue weighted by atomic mass is 11.9. The van der Waals surface area contributed by atoms with Crippen molar-refractivity contribution in [3.63, 3.8) is 0 Å². The zero-order valence-corrected chi connectivity index (χ0v) is 15.9. The number of rotatable bonds is 4. The Kier molecular flexibility index (Phi) is 3.55. The molecule has 0 aromatic heterocycles. The zero-order chi connectivity index (χ0) is 15.7. The molecule has 0 aliphatic carbocycles. The van der Waals surface area contributed by atoms with Gasteiger partial charge in [0.25, 0.3) is 0 Å². The molecule has 0 amide bonds. The molecule has 114 valence electrons. The van der Waals surface area contributed by atoms with Crippen LogP contribution < -0.4 is 0 Å². The first-order valence-electron chi connectivity index (χ1n) is 4.74. The van der Waals surface area contributed by atoms with E-state index >= 15 is 0 Å². The Morgan fingerprint density at radius 2 is 0.684 bits per heavy atom. The molecule has 0 unspecified atom stereocenters. The predicted octanol–water partition coefficient (Wildman–Crippen LogP) is -2.32. The molecule has 14 heteroatoms. The van der Waals surface area contributed by atoms with Crippen molar-refractivity contribution in [2.75, 3.05) is 25.0 Å². The maximum absolute atomic E-state index is 11.9. The van der Waals surface area contributed by atoms with E-state index in [1.165, 1.54) is 0 Å². The van der Waals surface area contributed by atoms with Gasteiger partial charge in [-0.2, -0.15) is 0 Å². The van der Waals surface area contributed by atoms with Crippen LogP contribution in [0.3, 0.4) is 0 Å². The van der Waals surface area contributed by atoms with Gasteiger partial charge in [-0.15, -0.1) is 0 Å². The Balaban J connectivity index is 4.02. The third kappa shape index (κ3) is 1.98. The lowest BCUT2D eigenvalue weighted by Gasteiger charge is -2.16. The second kappa shape index (κ2) is 3.91. The first-order valence-corrected chi connectivity index (χ1v) is 20.6. The van der Waals surface area contributed by atoms with E-state index in [0.717, 1.165) is 0 Å². The predicted molar refractivity (Wildman–Crippen MR) is 75.7 cm³/mol. The molecule has 0 aromatic rings. The summed E-state index contributed by atoms with van der Waals surface area (Å²) in [5.74, 6) is -9.00. The van der Waals surface area contributed by atoms with Crippen molar-refractivity contribution in [3.05, 3.63) is 0 Å². The topological polar surface area (TPSA) is 137 Å². The standard InChI is InChI=1S/C5H14O8S4Si2/c1-14(6,7)18(15(2,8)9)5-19(18,16(3,10)11)17(4,12)13/h5H2,1-4H3. The fourth-order valence-electron chi connectivity index (χ4n) is 2.47. The molecule has 0 atom stereocenters. The van der Waals surface area contributed by atoms with Crippen LogP contribution >= 0.6 is 0 Å². The molecule has 1 heterocycles. The van der Waals surface area contributed by atoms with Gasteiger partial charge in [0, 0.05) is 25.0 Å². The molecular weight excluding hydrogens is 372 g/mol. The summed E-state index contributed by atoms with van der Waals surface area (Å²) < 4.78 is 94.9. The Morgan fingerprint density at radius 3 is 0.737 bits per heavy atom. The van der Waals surface area contributed by atoms with E-state index in [0.29, 0.717) is 25.0 Å². The third-order valence-corrected chi connectivity index (χ3v) is 76.5. The SMILES string of the molecule is CS(=O)(=O)[Si]1(S(C)(=O)=O)C[Si]1(S(C)(=O)=O)S(C)(=O)=O. The lowest BCUT2D eigenvalue weighted by molar-refractivity contribution is 0.605. The molecule has 19 heavy (non-hydrogen) atoms. The van der Waals surface area contributed by atoms with Gasteiger partial charge in [0.1, 0.15) is 37.1 Å². The van der Waals surface area contributed by atoms with Crippen molar-refractivity contribution in [1.82, 2.24) is 0 Å². The maximum atomic E-state index is 11.9. The second-order valence-electron chi connectivity index (χ2n) is 4.77. The highest BCUT2D eigenvalue weighted by molar-refractivity contribution is 8.82. The summed E-state index contributed by atoms with van der Waals surface area (Å²) >= 11 is 0. The Morgan fingerprint density at radius 1 is 0.526 bits per heavy atom. The van der Waals surface area contributed by atoms with Crippen LogP contribution in [-0.4, -0.2) is 70.5 Å². The van der Waals surface area contributed by atoms with Gasteiger partial charge in [0.2, 0.25) is 0 Å². The van der Waals surface area contributed by atoms with E-state index < -0.39 is 54.6 Å². The highest BCUT2D eigenvalue weighted by Crippen LogP contribution is 2.56. The summed E-state index contributed by atoms with van der Waals surface area (Å²) in [5, 5.41) is 0. The lowest BCUT2D eigenvalue weighted by Crippen LogP contribution is -2.56. The molecule has 0 bridgehead atoms. The fraction of sp³-hybridized carbons (Fsp3) is 1.00. The van der Waals surface area contributed by atoms with Crippen molar-refractivity contribution in [3.8, 4) is 0 Å². The van der Waals surface area contributed by atoms with Crippen LogP contribution in [0.2, 0.25) is 5.67 Å². The maximum Gasteiger partial charge on any atom is 0.350 e. The van der Waals surface area contributed by atoms with E-state index in [2.05, 4.69) is 0 Å². The summed E-state index contributed by atoms with van der Waals surface area (Å²) in [5.41, 5.74) is -0.713. The van der Waals surface area contributed by atoms with Crippen molar-refractivity contribution in [1.29, 1.82) is 0 Å². The average Bonchev–Trinajstić information content (AvgIpc) is 2.67. The van der Waals surface area contributed by atoms with Gasteiger partial charge in [-0.25, -0.2) is 33.7 Å². The minimum atomic E-state index is -4.50. The van der Waals surface area contributed by atoms with Crippen molar-refractivity contribution in [2.24, 2.45) is 0 Å². The first kappa shape index (κ1) is 17.3. The van der Waals surface area contributed by atoms with Gasteiger partial charge in [-0.1, -0.05) is 0 Å². The van der Waals surface area contributed by atoms with Crippen LogP contribution in [-0.2, 0) is 37.1 Å². The largest absolute Gasteiger partial charge is 0.350 e. The van der Waals surface area contributed by atoms with Crippen LogP contribution in [0, 0.1) is 0 Å².